The molecule has 2 aromatic carbocycles. The van der Waals surface area contributed by atoms with Crippen molar-refractivity contribution < 1.29 is 9.59 Å². The molecule has 0 fully saturated rings. The second kappa shape index (κ2) is 6.97. The van der Waals surface area contributed by atoms with Crippen molar-refractivity contribution in [3.8, 4) is 11.3 Å². The third kappa shape index (κ3) is 3.57. The molecule has 130 valence electrons. The molecule has 1 aromatic heterocycles. The van der Waals surface area contributed by atoms with Crippen molar-refractivity contribution in [3.63, 3.8) is 0 Å². The molecule has 3 N–H and O–H groups in total. The van der Waals surface area contributed by atoms with E-state index in [4.69, 9.17) is 0 Å². The minimum absolute atomic E-state index is 0.0183. The lowest BCUT2D eigenvalue weighted by molar-refractivity contribution is -0.115. The summed E-state index contributed by atoms with van der Waals surface area (Å²) in [5.41, 5.74) is 4.41. The highest BCUT2D eigenvalue weighted by Gasteiger charge is 2.18. The number of nitrogens with zero attached hydrogens (tertiary/aromatic N) is 1. The average Bonchev–Trinajstić information content (AvgIpc) is 3.25. The molecular weight excluding hydrogens is 348 g/mol. The van der Waals surface area contributed by atoms with Crippen molar-refractivity contribution in [2.75, 3.05) is 10.6 Å². The Morgan fingerprint density at radius 1 is 1.19 bits per heavy atom. The number of carbonyl (C=O) groups is 2. The van der Waals surface area contributed by atoms with Gasteiger partial charge in [-0.25, -0.2) is 9.78 Å². The van der Waals surface area contributed by atoms with E-state index >= 15 is 0 Å². The van der Waals surface area contributed by atoms with Gasteiger partial charge >= 0.3 is 6.03 Å². The summed E-state index contributed by atoms with van der Waals surface area (Å²) in [6.45, 7) is 0.355. The highest BCUT2D eigenvalue weighted by molar-refractivity contribution is 7.09. The molecule has 3 aromatic rings. The fraction of sp³-hybridized carbons (Fsp3) is 0.105. The molecule has 6 nitrogen and oxygen atoms in total. The van der Waals surface area contributed by atoms with Gasteiger partial charge in [0.15, 0.2) is 0 Å². The molecule has 0 spiro atoms. The maximum atomic E-state index is 11.9. The number of amides is 3. The molecule has 0 unspecified atom stereocenters. The molecule has 26 heavy (non-hydrogen) atoms. The van der Waals surface area contributed by atoms with E-state index in [1.807, 2.05) is 53.9 Å². The fourth-order valence-corrected chi connectivity index (χ4v) is 3.51. The Morgan fingerprint density at radius 2 is 2.04 bits per heavy atom. The molecule has 2 heterocycles. The van der Waals surface area contributed by atoms with Crippen LogP contribution in [0.2, 0.25) is 0 Å². The number of carbonyl (C=O) groups excluding carboxylic acids is 2. The van der Waals surface area contributed by atoms with Crippen molar-refractivity contribution in [2.24, 2.45) is 0 Å². The summed E-state index contributed by atoms with van der Waals surface area (Å²) < 4.78 is 0. The highest BCUT2D eigenvalue weighted by atomic mass is 32.1. The first-order valence-electron chi connectivity index (χ1n) is 8.15. The monoisotopic (exact) mass is 364 g/mol. The second-order valence-electron chi connectivity index (χ2n) is 5.90. The molecule has 3 amide bonds. The van der Waals surface area contributed by atoms with Gasteiger partial charge in [0.2, 0.25) is 5.91 Å². The predicted octanol–water partition coefficient (Wildman–Crippen LogP) is 3.63. The van der Waals surface area contributed by atoms with Crippen LogP contribution in [0, 0.1) is 0 Å². The summed E-state index contributed by atoms with van der Waals surface area (Å²) in [4.78, 5) is 28.0. The first kappa shape index (κ1) is 16.3. The number of urea groups is 1. The van der Waals surface area contributed by atoms with Gasteiger partial charge in [-0.05, 0) is 29.8 Å². The molecule has 1 aliphatic rings. The number of para-hydroxylation sites is 1. The third-order valence-corrected chi connectivity index (χ3v) is 4.86. The number of aromatic nitrogens is 1. The minimum atomic E-state index is -0.268. The first-order valence-corrected chi connectivity index (χ1v) is 9.03. The van der Waals surface area contributed by atoms with Crippen LogP contribution in [0.3, 0.4) is 0 Å². The van der Waals surface area contributed by atoms with Crippen LogP contribution in [0.1, 0.15) is 10.6 Å². The lowest BCUT2D eigenvalue weighted by Crippen LogP contribution is -2.28. The van der Waals surface area contributed by atoms with Crippen LogP contribution in [0.15, 0.2) is 53.9 Å². The van der Waals surface area contributed by atoms with E-state index < -0.39 is 0 Å². The first-order chi connectivity index (χ1) is 12.7. The maximum absolute atomic E-state index is 11.9. The minimum Gasteiger partial charge on any atom is -0.331 e. The Labute approximate surface area is 154 Å². The topological polar surface area (TPSA) is 83.1 Å². The Bertz CT molecular complexity index is 969. The molecule has 0 saturated heterocycles. The highest BCUT2D eigenvalue weighted by Crippen LogP contribution is 2.29. The van der Waals surface area contributed by atoms with E-state index in [1.165, 1.54) is 11.3 Å². The summed E-state index contributed by atoms with van der Waals surface area (Å²) >= 11 is 1.49. The van der Waals surface area contributed by atoms with Crippen LogP contribution in [-0.4, -0.2) is 16.9 Å². The van der Waals surface area contributed by atoms with Gasteiger partial charge < -0.3 is 16.0 Å². The van der Waals surface area contributed by atoms with E-state index in [2.05, 4.69) is 20.9 Å². The van der Waals surface area contributed by atoms with E-state index in [0.717, 1.165) is 33.2 Å². The lowest BCUT2D eigenvalue weighted by Gasteiger charge is -2.05. The largest absolute Gasteiger partial charge is 0.331 e. The van der Waals surface area contributed by atoms with Gasteiger partial charge in [0.05, 0.1) is 18.7 Å². The fourth-order valence-electron chi connectivity index (χ4n) is 2.77. The van der Waals surface area contributed by atoms with Gasteiger partial charge in [0.1, 0.15) is 5.01 Å². The van der Waals surface area contributed by atoms with Crippen LogP contribution < -0.4 is 16.0 Å². The van der Waals surface area contributed by atoms with E-state index in [1.54, 1.807) is 0 Å². The van der Waals surface area contributed by atoms with E-state index in [9.17, 15) is 9.59 Å². The Morgan fingerprint density at radius 3 is 2.88 bits per heavy atom. The van der Waals surface area contributed by atoms with Gasteiger partial charge in [-0.15, -0.1) is 11.3 Å². The number of hydrogen-bond donors (Lipinski definition) is 3. The maximum Gasteiger partial charge on any atom is 0.319 e. The number of rotatable bonds is 4. The Balaban J connectivity index is 1.38. The molecule has 0 aliphatic carbocycles. The smallest absolute Gasteiger partial charge is 0.319 e. The van der Waals surface area contributed by atoms with Crippen molar-refractivity contribution in [1.82, 2.24) is 10.3 Å². The molecule has 7 heteroatoms. The molecule has 0 atom stereocenters. The van der Waals surface area contributed by atoms with Crippen molar-refractivity contribution in [3.05, 3.63) is 64.5 Å². The molecule has 0 bridgehead atoms. The lowest BCUT2D eigenvalue weighted by atomic mass is 10.1. The zero-order valence-electron chi connectivity index (χ0n) is 13.8. The zero-order valence-corrected chi connectivity index (χ0v) is 14.6. The standard InChI is InChI=1S/C19H16N4O2S/c24-17-9-13-8-12(6-7-15(13)22-17)16-11-26-18(23-16)10-20-19(25)21-14-4-2-1-3-5-14/h1-8,11H,9-10H2,(H,22,24)(H2,20,21,25). The number of thiazole rings is 1. The van der Waals surface area contributed by atoms with Gasteiger partial charge in [-0.3, -0.25) is 4.79 Å². The Hall–Kier alpha value is -3.19. The normalized spacial score (nSPS) is 12.4. The van der Waals surface area contributed by atoms with Crippen LogP contribution >= 0.6 is 11.3 Å². The predicted molar refractivity (Wildman–Crippen MR) is 102 cm³/mol. The number of benzene rings is 2. The summed E-state index contributed by atoms with van der Waals surface area (Å²) in [5, 5.41) is 11.2. The summed E-state index contributed by atoms with van der Waals surface area (Å²) in [7, 11) is 0. The van der Waals surface area contributed by atoms with Gasteiger partial charge in [0.25, 0.3) is 0 Å². The van der Waals surface area contributed by atoms with Gasteiger partial charge in [-0.2, -0.15) is 0 Å². The van der Waals surface area contributed by atoms with Crippen molar-refractivity contribution in [2.45, 2.75) is 13.0 Å². The number of hydrogen-bond acceptors (Lipinski definition) is 4. The van der Waals surface area contributed by atoms with Crippen LogP contribution in [0.5, 0.6) is 0 Å². The van der Waals surface area contributed by atoms with E-state index in [0.29, 0.717) is 13.0 Å². The van der Waals surface area contributed by atoms with Crippen LogP contribution in [0.4, 0.5) is 16.2 Å². The van der Waals surface area contributed by atoms with Gasteiger partial charge in [-0.1, -0.05) is 24.3 Å². The van der Waals surface area contributed by atoms with Crippen LogP contribution in [-0.2, 0) is 17.8 Å². The number of nitrogens with one attached hydrogen (secondary N) is 3. The van der Waals surface area contributed by atoms with Crippen molar-refractivity contribution in [1.29, 1.82) is 0 Å². The SMILES string of the molecule is O=C1Cc2cc(-c3csc(CNC(=O)Nc4ccccc4)n3)ccc2N1. The molecule has 0 saturated carbocycles. The van der Waals surface area contributed by atoms with Crippen molar-refractivity contribution >= 4 is 34.6 Å². The molecule has 0 radical (unpaired) electrons. The van der Waals surface area contributed by atoms with E-state index in [-0.39, 0.29) is 11.9 Å². The number of fused-ring (bicyclic) bond motifs is 1. The van der Waals surface area contributed by atoms with Crippen LogP contribution in [0.25, 0.3) is 11.3 Å². The quantitative estimate of drug-likeness (QED) is 0.661. The Kier molecular flexibility index (Phi) is 4.37. The zero-order chi connectivity index (χ0) is 17.9. The van der Waals surface area contributed by atoms with Gasteiger partial charge in [0, 0.05) is 22.3 Å². The summed E-state index contributed by atoms with van der Waals surface area (Å²) in [5.74, 6) is 0.0183. The summed E-state index contributed by atoms with van der Waals surface area (Å²) in [6, 6.07) is 14.8. The average molecular weight is 364 g/mol. The molecular formula is C19H16N4O2S. The molecule has 1 aliphatic heterocycles. The molecule has 4 rings (SSSR count). The third-order valence-electron chi connectivity index (χ3n) is 4.01. The summed E-state index contributed by atoms with van der Waals surface area (Å²) in [6.07, 6.45) is 0.404. The number of anilines is 2. The second-order valence-corrected chi connectivity index (χ2v) is 6.84.